The molecule has 110 valence electrons. The molecule has 1 aliphatic rings. The molecule has 0 aliphatic carbocycles. The smallest absolute Gasteiger partial charge is 0.223 e. The van der Waals surface area contributed by atoms with Crippen LogP contribution in [-0.4, -0.2) is 41.9 Å². The predicted molar refractivity (Wildman–Crippen MR) is 86.1 cm³/mol. The van der Waals surface area contributed by atoms with Crippen molar-refractivity contribution in [3.63, 3.8) is 0 Å². The highest BCUT2D eigenvalue weighted by Crippen LogP contribution is 2.22. The Morgan fingerprint density at radius 2 is 2.10 bits per heavy atom. The maximum absolute atomic E-state index is 12.2. The first-order valence-corrected chi connectivity index (χ1v) is 8.54. The van der Waals surface area contributed by atoms with E-state index in [0.29, 0.717) is 26.1 Å². The summed E-state index contributed by atoms with van der Waals surface area (Å²) in [5.41, 5.74) is -0.216. The van der Waals surface area contributed by atoms with Crippen molar-refractivity contribution in [3.05, 3.63) is 28.7 Å². The quantitative estimate of drug-likeness (QED) is 0.771. The van der Waals surface area contributed by atoms with Crippen LogP contribution in [-0.2, 0) is 9.53 Å². The van der Waals surface area contributed by atoms with E-state index in [4.69, 9.17) is 4.74 Å². The molecule has 0 saturated carbocycles. The molecule has 1 aliphatic heterocycles. The van der Waals surface area contributed by atoms with Gasteiger partial charge in [-0.2, -0.15) is 0 Å². The normalized spacial score (nSPS) is 18.1. The number of carbonyl (C=O) groups excluding carboxylic acids is 1. The SMILES string of the molecule is CC1(C)CN(C(=O)CCSc2ccc(Br)cc2)CCO1. The number of hydrogen-bond acceptors (Lipinski definition) is 3. The molecule has 20 heavy (non-hydrogen) atoms. The van der Waals surface area contributed by atoms with Crippen LogP contribution in [0, 0.1) is 0 Å². The number of rotatable bonds is 4. The number of morpholine rings is 1. The molecule has 3 nitrogen and oxygen atoms in total. The first-order valence-electron chi connectivity index (χ1n) is 6.76. The Labute approximate surface area is 133 Å². The van der Waals surface area contributed by atoms with Gasteiger partial charge in [0, 0.05) is 34.6 Å². The lowest BCUT2D eigenvalue weighted by molar-refractivity contribution is -0.145. The van der Waals surface area contributed by atoms with Gasteiger partial charge >= 0.3 is 0 Å². The van der Waals surface area contributed by atoms with Crippen LogP contribution in [0.1, 0.15) is 20.3 Å². The Morgan fingerprint density at radius 3 is 2.75 bits per heavy atom. The summed E-state index contributed by atoms with van der Waals surface area (Å²) in [5, 5.41) is 0. The Kier molecular flexibility index (Phi) is 5.52. The minimum atomic E-state index is -0.216. The van der Waals surface area contributed by atoms with Gasteiger partial charge in [0.1, 0.15) is 0 Å². The van der Waals surface area contributed by atoms with Gasteiger partial charge in [-0.25, -0.2) is 0 Å². The molecule has 0 atom stereocenters. The summed E-state index contributed by atoms with van der Waals surface area (Å²) in [6.07, 6.45) is 0.580. The number of nitrogens with zero attached hydrogens (tertiary/aromatic N) is 1. The van der Waals surface area contributed by atoms with Gasteiger partial charge in [-0.3, -0.25) is 4.79 Å². The van der Waals surface area contributed by atoms with E-state index >= 15 is 0 Å². The molecule has 0 aromatic heterocycles. The van der Waals surface area contributed by atoms with Gasteiger partial charge < -0.3 is 9.64 Å². The summed E-state index contributed by atoms with van der Waals surface area (Å²) < 4.78 is 6.70. The van der Waals surface area contributed by atoms with Crippen LogP contribution in [0.4, 0.5) is 0 Å². The van der Waals surface area contributed by atoms with E-state index in [9.17, 15) is 4.79 Å². The summed E-state index contributed by atoms with van der Waals surface area (Å²) >= 11 is 5.14. The molecule has 1 saturated heterocycles. The van der Waals surface area contributed by atoms with Crippen LogP contribution in [0.2, 0.25) is 0 Å². The lowest BCUT2D eigenvalue weighted by atomic mass is 10.1. The minimum Gasteiger partial charge on any atom is -0.372 e. The third kappa shape index (κ3) is 4.79. The van der Waals surface area contributed by atoms with Gasteiger partial charge in [0.15, 0.2) is 0 Å². The molecule has 0 unspecified atom stereocenters. The second kappa shape index (κ2) is 6.96. The average molecular weight is 358 g/mol. The van der Waals surface area contributed by atoms with Gasteiger partial charge in [0.25, 0.3) is 0 Å². The topological polar surface area (TPSA) is 29.5 Å². The highest BCUT2D eigenvalue weighted by molar-refractivity contribution is 9.10. The summed E-state index contributed by atoms with van der Waals surface area (Å²) in [4.78, 5) is 15.3. The van der Waals surface area contributed by atoms with E-state index < -0.39 is 0 Å². The lowest BCUT2D eigenvalue weighted by Crippen LogP contribution is -2.50. The molecular weight excluding hydrogens is 338 g/mol. The molecule has 1 heterocycles. The molecular formula is C15H20BrNO2S. The number of hydrogen-bond donors (Lipinski definition) is 0. The molecule has 1 aromatic carbocycles. The molecule has 0 spiro atoms. The molecule has 1 fully saturated rings. The van der Waals surface area contributed by atoms with Crippen LogP contribution < -0.4 is 0 Å². The number of carbonyl (C=O) groups is 1. The van der Waals surface area contributed by atoms with Gasteiger partial charge in [0.05, 0.1) is 12.2 Å². The van der Waals surface area contributed by atoms with Crippen LogP contribution >= 0.6 is 27.7 Å². The molecule has 0 radical (unpaired) electrons. The minimum absolute atomic E-state index is 0.216. The first-order chi connectivity index (χ1) is 9.46. The Balaban J connectivity index is 1.76. The number of thioether (sulfide) groups is 1. The number of halogens is 1. The van der Waals surface area contributed by atoms with Gasteiger partial charge in [-0.05, 0) is 38.1 Å². The van der Waals surface area contributed by atoms with E-state index in [2.05, 4.69) is 28.1 Å². The fraction of sp³-hybridized carbons (Fsp3) is 0.533. The summed E-state index contributed by atoms with van der Waals surface area (Å²) in [7, 11) is 0. The Hall–Kier alpha value is -0.520. The van der Waals surface area contributed by atoms with Gasteiger partial charge in [-0.1, -0.05) is 15.9 Å². The molecule has 0 bridgehead atoms. The zero-order valence-corrected chi connectivity index (χ0v) is 14.3. The Bertz CT molecular complexity index is 461. The molecule has 0 N–H and O–H groups in total. The van der Waals surface area contributed by atoms with Crippen molar-refractivity contribution in [2.75, 3.05) is 25.4 Å². The molecule has 1 amide bonds. The molecule has 5 heteroatoms. The van der Waals surface area contributed by atoms with Crippen molar-refractivity contribution in [1.82, 2.24) is 4.90 Å². The third-order valence-electron chi connectivity index (χ3n) is 3.18. The molecule has 2 rings (SSSR count). The monoisotopic (exact) mass is 357 g/mol. The zero-order chi connectivity index (χ0) is 14.6. The molecule has 1 aromatic rings. The summed E-state index contributed by atoms with van der Waals surface area (Å²) in [5.74, 6) is 1.05. The van der Waals surface area contributed by atoms with Crippen molar-refractivity contribution in [3.8, 4) is 0 Å². The summed E-state index contributed by atoms with van der Waals surface area (Å²) in [6, 6.07) is 8.18. The highest BCUT2D eigenvalue weighted by Gasteiger charge is 2.29. The number of benzene rings is 1. The highest BCUT2D eigenvalue weighted by atomic mass is 79.9. The second-order valence-corrected chi connectivity index (χ2v) is 7.56. The summed E-state index contributed by atoms with van der Waals surface area (Å²) in [6.45, 7) is 6.10. The van der Waals surface area contributed by atoms with Crippen molar-refractivity contribution in [2.24, 2.45) is 0 Å². The standard InChI is InChI=1S/C15H20BrNO2S/c1-15(2)11-17(8-9-19-15)14(18)7-10-20-13-5-3-12(16)4-6-13/h3-6H,7-11H2,1-2H3. The first kappa shape index (κ1) is 15.9. The second-order valence-electron chi connectivity index (χ2n) is 5.48. The van der Waals surface area contributed by atoms with E-state index in [1.165, 1.54) is 4.90 Å². The maximum Gasteiger partial charge on any atom is 0.223 e. The predicted octanol–water partition coefficient (Wildman–Crippen LogP) is 3.57. The van der Waals surface area contributed by atoms with E-state index in [0.717, 1.165) is 10.2 Å². The van der Waals surface area contributed by atoms with Gasteiger partial charge in [0.2, 0.25) is 5.91 Å². The van der Waals surface area contributed by atoms with Crippen molar-refractivity contribution in [2.45, 2.75) is 30.8 Å². The van der Waals surface area contributed by atoms with Gasteiger partial charge in [-0.15, -0.1) is 11.8 Å². The van der Waals surface area contributed by atoms with Crippen molar-refractivity contribution >= 4 is 33.6 Å². The van der Waals surface area contributed by atoms with Crippen molar-refractivity contribution < 1.29 is 9.53 Å². The van der Waals surface area contributed by atoms with E-state index in [1.54, 1.807) is 11.8 Å². The van der Waals surface area contributed by atoms with Crippen LogP contribution in [0.15, 0.2) is 33.6 Å². The number of amides is 1. The van der Waals surface area contributed by atoms with Crippen molar-refractivity contribution in [1.29, 1.82) is 0 Å². The lowest BCUT2D eigenvalue weighted by Gasteiger charge is -2.38. The van der Waals surface area contributed by atoms with Crippen LogP contribution in [0.3, 0.4) is 0 Å². The largest absolute Gasteiger partial charge is 0.372 e. The zero-order valence-electron chi connectivity index (χ0n) is 11.9. The Morgan fingerprint density at radius 1 is 1.40 bits per heavy atom. The fourth-order valence-corrected chi connectivity index (χ4v) is 3.28. The third-order valence-corrected chi connectivity index (χ3v) is 4.72. The van der Waals surface area contributed by atoms with E-state index in [-0.39, 0.29) is 11.5 Å². The number of ether oxygens (including phenoxy) is 1. The maximum atomic E-state index is 12.2. The average Bonchev–Trinajstić information content (AvgIpc) is 2.40. The van der Waals surface area contributed by atoms with Crippen LogP contribution in [0.5, 0.6) is 0 Å². The van der Waals surface area contributed by atoms with Crippen LogP contribution in [0.25, 0.3) is 0 Å². The van der Waals surface area contributed by atoms with E-state index in [1.807, 2.05) is 30.9 Å². The fourth-order valence-electron chi connectivity index (χ4n) is 2.17.